The summed E-state index contributed by atoms with van der Waals surface area (Å²) in [6.07, 6.45) is 0. The zero-order valence-corrected chi connectivity index (χ0v) is 9.96. The van der Waals surface area contributed by atoms with Crippen molar-refractivity contribution in [3.05, 3.63) is 52.8 Å². The van der Waals surface area contributed by atoms with Gasteiger partial charge in [0.15, 0.2) is 0 Å². The van der Waals surface area contributed by atoms with Crippen molar-refractivity contribution >= 4 is 33.0 Å². The van der Waals surface area contributed by atoms with Gasteiger partial charge in [-0.1, -0.05) is 18.2 Å². The molecule has 2 nitrogen and oxygen atoms in total. The summed E-state index contributed by atoms with van der Waals surface area (Å²) in [5.41, 5.74) is 7.68. The van der Waals surface area contributed by atoms with Crippen molar-refractivity contribution in [3.8, 4) is 0 Å². The predicted octanol–water partition coefficient (Wildman–Crippen LogP) is 3.91. The molecule has 0 bridgehead atoms. The summed E-state index contributed by atoms with van der Waals surface area (Å²) in [6.45, 7) is 0. The Hall–Kier alpha value is -1.55. The number of para-hydroxylation sites is 1. The van der Waals surface area contributed by atoms with E-state index in [1.54, 1.807) is 6.07 Å². The highest BCUT2D eigenvalue weighted by molar-refractivity contribution is 9.10. The van der Waals surface area contributed by atoms with Gasteiger partial charge in [-0.2, -0.15) is 0 Å². The van der Waals surface area contributed by atoms with Crippen LogP contribution in [0.15, 0.2) is 46.9 Å². The van der Waals surface area contributed by atoms with Crippen LogP contribution in [0.1, 0.15) is 0 Å². The van der Waals surface area contributed by atoms with Gasteiger partial charge in [-0.15, -0.1) is 0 Å². The Kier molecular flexibility index (Phi) is 3.10. The number of halogens is 2. The molecule has 0 saturated carbocycles. The van der Waals surface area contributed by atoms with Gasteiger partial charge in [-0.25, -0.2) is 4.39 Å². The van der Waals surface area contributed by atoms with E-state index in [0.717, 1.165) is 5.69 Å². The van der Waals surface area contributed by atoms with E-state index in [4.69, 9.17) is 5.73 Å². The van der Waals surface area contributed by atoms with E-state index in [-0.39, 0.29) is 5.82 Å². The minimum atomic E-state index is -0.365. The van der Waals surface area contributed by atoms with Crippen molar-refractivity contribution in [1.82, 2.24) is 0 Å². The van der Waals surface area contributed by atoms with E-state index in [1.165, 1.54) is 6.07 Å². The topological polar surface area (TPSA) is 38.0 Å². The molecule has 0 aliphatic carbocycles. The summed E-state index contributed by atoms with van der Waals surface area (Å²) in [4.78, 5) is 0. The molecule has 2 aromatic rings. The van der Waals surface area contributed by atoms with E-state index in [2.05, 4.69) is 21.2 Å². The van der Waals surface area contributed by atoms with Crippen molar-refractivity contribution in [2.75, 3.05) is 11.1 Å². The second kappa shape index (κ2) is 4.53. The van der Waals surface area contributed by atoms with Gasteiger partial charge < -0.3 is 11.1 Å². The summed E-state index contributed by atoms with van der Waals surface area (Å²) >= 11 is 3.12. The normalized spacial score (nSPS) is 10.1. The number of nitrogens with one attached hydrogen (secondary N) is 1. The molecule has 82 valence electrons. The molecule has 0 fully saturated rings. The van der Waals surface area contributed by atoms with E-state index in [9.17, 15) is 4.39 Å². The van der Waals surface area contributed by atoms with Crippen LogP contribution in [0.3, 0.4) is 0 Å². The van der Waals surface area contributed by atoms with Crippen LogP contribution in [0.25, 0.3) is 0 Å². The maximum atomic E-state index is 13.1. The Morgan fingerprint density at radius 3 is 2.50 bits per heavy atom. The molecule has 0 aromatic heterocycles. The van der Waals surface area contributed by atoms with Crippen LogP contribution < -0.4 is 11.1 Å². The van der Waals surface area contributed by atoms with Crippen LogP contribution in [0.2, 0.25) is 0 Å². The standard InChI is InChI=1S/C12H10BrFN2/c13-9-6-12(11(15)7-10(9)14)16-8-4-2-1-3-5-8/h1-7,16H,15H2. The first kappa shape index (κ1) is 11.0. The largest absolute Gasteiger partial charge is 0.397 e. The molecule has 0 heterocycles. The van der Waals surface area contributed by atoms with Crippen LogP contribution >= 0.6 is 15.9 Å². The molecule has 16 heavy (non-hydrogen) atoms. The first-order chi connectivity index (χ1) is 7.66. The number of nitrogens with two attached hydrogens (primary N) is 1. The Morgan fingerprint density at radius 2 is 1.81 bits per heavy atom. The van der Waals surface area contributed by atoms with Gasteiger partial charge in [0.05, 0.1) is 15.8 Å². The number of anilines is 3. The predicted molar refractivity (Wildman–Crippen MR) is 68.2 cm³/mol. The number of hydrogen-bond acceptors (Lipinski definition) is 2. The zero-order chi connectivity index (χ0) is 11.5. The molecule has 0 aliphatic rings. The fourth-order valence-corrected chi connectivity index (χ4v) is 1.69. The molecule has 0 spiro atoms. The highest BCUT2D eigenvalue weighted by Crippen LogP contribution is 2.28. The number of benzene rings is 2. The summed E-state index contributed by atoms with van der Waals surface area (Å²) in [7, 11) is 0. The smallest absolute Gasteiger partial charge is 0.139 e. The van der Waals surface area contributed by atoms with Gasteiger partial charge in [0.25, 0.3) is 0 Å². The number of hydrogen-bond donors (Lipinski definition) is 2. The number of nitrogen functional groups attached to an aromatic ring is 1. The van der Waals surface area contributed by atoms with Crippen LogP contribution in [-0.4, -0.2) is 0 Å². The van der Waals surface area contributed by atoms with Gasteiger partial charge in [0, 0.05) is 11.8 Å². The SMILES string of the molecule is Nc1cc(F)c(Br)cc1Nc1ccccc1. The molecule has 0 saturated heterocycles. The Labute approximate surface area is 101 Å². The van der Waals surface area contributed by atoms with Crippen LogP contribution in [0.5, 0.6) is 0 Å². The van der Waals surface area contributed by atoms with E-state index in [1.807, 2.05) is 30.3 Å². The fraction of sp³-hybridized carbons (Fsp3) is 0. The van der Waals surface area contributed by atoms with Crippen molar-refractivity contribution in [2.45, 2.75) is 0 Å². The van der Waals surface area contributed by atoms with Crippen molar-refractivity contribution in [3.63, 3.8) is 0 Å². The van der Waals surface area contributed by atoms with Gasteiger partial charge in [-0.05, 0) is 34.1 Å². The van der Waals surface area contributed by atoms with Gasteiger partial charge in [-0.3, -0.25) is 0 Å². The Bertz CT molecular complexity index is 500. The van der Waals surface area contributed by atoms with Gasteiger partial charge in [0.1, 0.15) is 5.82 Å². The maximum Gasteiger partial charge on any atom is 0.139 e. The lowest BCUT2D eigenvalue weighted by molar-refractivity contribution is 0.622. The summed E-state index contributed by atoms with van der Waals surface area (Å²) < 4.78 is 13.5. The molecular weight excluding hydrogens is 271 g/mol. The second-order valence-corrected chi connectivity index (χ2v) is 4.20. The Morgan fingerprint density at radius 1 is 1.12 bits per heavy atom. The van der Waals surface area contributed by atoms with Gasteiger partial charge in [0.2, 0.25) is 0 Å². The molecule has 4 heteroatoms. The second-order valence-electron chi connectivity index (χ2n) is 3.34. The third-order valence-corrected chi connectivity index (χ3v) is 2.75. The highest BCUT2D eigenvalue weighted by Gasteiger charge is 2.05. The molecule has 0 atom stereocenters. The fourth-order valence-electron chi connectivity index (χ4n) is 1.35. The lowest BCUT2D eigenvalue weighted by atomic mass is 10.2. The average molecular weight is 281 g/mol. The first-order valence-corrected chi connectivity index (χ1v) is 5.53. The molecule has 3 N–H and O–H groups in total. The summed E-state index contributed by atoms with van der Waals surface area (Å²) in [5, 5.41) is 3.12. The lowest BCUT2D eigenvalue weighted by Crippen LogP contribution is -1.97. The van der Waals surface area contributed by atoms with E-state index in [0.29, 0.717) is 15.8 Å². The van der Waals surface area contributed by atoms with Crippen molar-refractivity contribution in [1.29, 1.82) is 0 Å². The molecular formula is C12H10BrFN2. The first-order valence-electron chi connectivity index (χ1n) is 4.73. The molecule has 0 aliphatic heterocycles. The maximum absolute atomic E-state index is 13.1. The third kappa shape index (κ3) is 2.33. The van der Waals surface area contributed by atoms with Crippen LogP contribution in [0, 0.1) is 5.82 Å². The highest BCUT2D eigenvalue weighted by atomic mass is 79.9. The summed E-state index contributed by atoms with van der Waals surface area (Å²) in [5.74, 6) is -0.365. The van der Waals surface area contributed by atoms with E-state index >= 15 is 0 Å². The number of rotatable bonds is 2. The zero-order valence-electron chi connectivity index (χ0n) is 8.37. The molecule has 0 unspecified atom stereocenters. The van der Waals surface area contributed by atoms with Crippen LogP contribution in [0.4, 0.5) is 21.5 Å². The molecule has 2 aromatic carbocycles. The summed E-state index contributed by atoms with van der Waals surface area (Å²) in [6, 6.07) is 12.5. The van der Waals surface area contributed by atoms with Crippen LogP contribution in [-0.2, 0) is 0 Å². The monoisotopic (exact) mass is 280 g/mol. The minimum absolute atomic E-state index is 0.365. The van der Waals surface area contributed by atoms with Crippen molar-refractivity contribution in [2.24, 2.45) is 0 Å². The van der Waals surface area contributed by atoms with Crippen molar-refractivity contribution < 1.29 is 4.39 Å². The average Bonchev–Trinajstić information content (AvgIpc) is 2.27. The quantitative estimate of drug-likeness (QED) is 0.819. The van der Waals surface area contributed by atoms with E-state index < -0.39 is 0 Å². The third-order valence-electron chi connectivity index (χ3n) is 2.15. The molecule has 2 rings (SSSR count). The Balaban J connectivity index is 2.32. The minimum Gasteiger partial charge on any atom is -0.397 e. The molecule has 0 amide bonds. The van der Waals surface area contributed by atoms with Gasteiger partial charge >= 0.3 is 0 Å². The lowest BCUT2D eigenvalue weighted by Gasteiger charge is -2.10. The molecule has 0 radical (unpaired) electrons.